The van der Waals surface area contributed by atoms with Crippen LogP contribution in [0.2, 0.25) is 0 Å². The number of fused-ring (bicyclic) bond motifs is 1. The number of rotatable bonds is 7. The fourth-order valence-electron chi connectivity index (χ4n) is 2.32. The molecule has 0 saturated carbocycles. The first-order valence-electron chi connectivity index (χ1n) is 8.24. The molecule has 0 spiro atoms. The van der Waals surface area contributed by atoms with Gasteiger partial charge in [-0.2, -0.15) is 0 Å². The van der Waals surface area contributed by atoms with E-state index in [9.17, 15) is 9.59 Å². The number of carbonyl (C=O) groups is 2. The van der Waals surface area contributed by atoms with Crippen molar-refractivity contribution >= 4 is 29.1 Å². The zero-order valence-corrected chi connectivity index (χ0v) is 14.7. The number of ether oxygens (including phenoxy) is 2. The van der Waals surface area contributed by atoms with Crippen molar-refractivity contribution in [1.82, 2.24) is 10.3 Å². The summed E-state index contributed by atoms with van der Waals surface area (Å²) in [6.07, 6.45) is 2.57. The number of nitrogens with one attached hydrogen (secondary N) is 1. The minimum absolute atomic E-state index is 0.288. The zero-order valence-electron chi connectivity index (χ0n) is 14.7. The van der Waals surface area contributed by atoms with Gasteiger partial charge >= 0.3 is 5.97 Å². The van der Waals surface area contributed by atoms with Crippen LogP contribution in [0.1, 0.15) is 11.5 Å². The van der Waals surface area contributed by atoms with Gasteiger partial charge in [-0.25, -0.2) is 9.78 Å². The monoisotopic (exact) mass is 366 g/mol. The Morgan fingerprint density at radius 1 is 1.19 bits per heavy atom. The molecule has 7 heteroatoms. The lowest BCUT2D eigenvalue weighted by atomic mass is 10.2. The number of aromatic nitrogens is 1. The molecule has 0 radical (unpaired) electrons. The van der Waals surface area contributed by atoms with Crippen molar-refractivity contribution in [2.45, 2.75) is 6.54 Å². The summed E-state index contributed by atoms with van der Waals surface area (Å²) in [5.74, 6) is -0.0663. The molecule has 2 aromatic carbocycles. The Morgan fingerprint density at radius 2 is 2.04 bits per heavy atom. The quantitative estimate of drug-likeness (QED) is 0.511. The molecule has 1 N–H and O–H groups in total. The van der Waals surface area contributed by atoms with Gasteiger partial charge in [0.05, 0.1) is 7.11 Å². The summed E-state index contributed by atoms with van der Waals surface area (Å²) in [5.41, 5.74) is 2.20. The smallest absolute Gasteiger partial charge is 0.331 e. The molecule has 0 bridgehead atoms. The van der Waals surface area contributed by atoms with E-state index in [0.29, 0.717) is 23.4 Å². The molecular formula is C20H18N2O5. The molecule has 0 aliphatic carbocycles. The lowest BCUT2D eigenvalue weighted by Crippen LogP contribution is -2.28. The van der Waals surface area contributed by atoms with Crippen LogP contribution in [-0.4, -0.2) is 30.6 Å². The van der Waals surface area contributed by atoms with Crippen LogP contribution in [0.5, 0.6) is 5.75 Å². The van der Waals surface area contributed by atoms with Crippen molar-refractivity contribution in [2.75, 3.05) is 13.7 Å². The van der Waals surface area contributed by atoms with Crippen molar-refractivity contribution in [3.8, 4) is 5.75 Å². The predicted molar refractivity (Wildman–Crippen MR) is 98.8 cm³/mol. The van der Waals surface area contributed by atoms with Crippen molar-refractivity contribution in [2.24, 2.45) is 0 Å². The molecule has 1 aromatic heterocycles. The maximum Gasteiger partial charge on any atom is 0.331 e. The molecule has 0 atom stereocenters. The third kappa shape index (κ3) is 5.18. The number of amides is 1. The normalized spacial score (nSPS) is 10.9. The zero-order chi connectivity index (χ0) is 19.1. The van der Waals surface area contributed by atoms with Crippen molar-refractivity contribution in [3.05, 3.63) is 66.1 Å². The maximum atomic E-state index is 11.8. The van der Waals surface area contributed by atoms with Gasteiger partial charge in [0.15, 0.2) is 12.2 Å². The Hall–Kier alpha value is -3.61. The fraction of sp³-hybridized carbons (Fsp3) is 0.150. The van der Waals surface area contributed by atoms with Crippen LogP contribution >= 0.6 is 0 Å². The molecule has 7 nitrogen and oxygen atoms in total. The van der Waals surface area contributed by atoms with Crippen LogP contribution in [-0.2, 0) is 20.9 Å². The third-order valence-corrected chi connectivity index (χ3v) is 3.64. The third-order valence-electron chi connectivity index (χ3n) is 3.64. The molecule has 0 aliphatic heterocycles. The Balaban J connectivity index is 1.44. The second kappa shape index (κ2) is 8.66. The summed E-state index contributed by atoms with van der Waals surface area (Å²) in [6.45, 7) is -0.0625. The highest BCUT2D eigenvalue weighted by Crippen LogP contribution is 2.15. The number of hydrogen-bond acceptors (Lipinski definition) is 6. The Labute approximate surface area is 155 Å². The van der Waals surface area contributed by atoms with E-state index in [0.717, 1.165) is 5.56 Å². The number of benzene rings is 2. The van der Waals surface area contributed by atoms with E-state index < -0.39 is 11.9 Å². The minimum Gasteiger partial charge on any atom is -0.497 e. The summed E-state index contributed by atoms with van der Waals surface area (Å²) in [5, 5.41) is 2.67. The number of oxazole rings is 1. The van der Waals surface area contributed by atoms with Crippen molar-refractivity contribution in [3.63, 3.8) is 0 Å². The molecule has 3 aromatic rings. The Morgan fingerprint density at radius 3 is 2.85 bits per heavy atom. The van der Waals surface area contributed by atoms with Crippen LogP contribution in [0.15, 0.2) is 59.0 Å². The summed E-state index contributed by atoms with van der Waals surface area (Å²) < 4.78 is 15.5. The van der Waals surface area contributed by atoms with Gasteiger partial charge in [-0.05, 0) is 29.8 Å². The molecule has 1 amide bonds. The standard InChI is InChI=1S/C20H18N2O5/c1-25-15-6-4-5-14(11-15)12-21-18(23)13-26-20(24)10-9-19-22-16-7-2-3-8-17(16)27-19/h2-11H,12-13H2,1H3,(H,21,23)/b10-9+. The van der Waals surface area contributed by atoms with E-state index in [1.807, 2.05) is 36.4 Å². The Kier molecular flexibility index (Phi) is 5.84. The fourth-order valence-corrected chi connectivity index (χ4v) is 2.32. The van der Waals surface area contributed by atoms with Crippen LogP contribution in [0.25, 0.3) is 17.2 Å². The summed E-state index contributed by atoms with van der Waals surface area (Å²) in [7, 11) is 1.57. The minimum atomic E-state index is -0.659. The molecule has 0 unspecified atom stereocenters. The van der Waals surface area contributed by atoms with Gasteiger partial charge in [0.2, 0.25) is 5.89 Å². The van der Waals surface area contributed by atoms with E-state index in [1.165, 1.54) is 12.2 Å². The van der Waals surface area contributed by atoms with Gasteiger partial charge < -0.3 is 19.2 Å². The van der Waals surface area contributed by atoms with Gasteiger partial charge in [0.25, 0.3) is 5.91 Å². The van der Waals surface area contributed by atoms with Gasteiger partial charge in [0, 0.05) is 18.7 Å². The van der Waals surface area contributed by atoms with Crippen LogP contribution in [0.4, 0.5) is 0 Å². The number of para-hydroxylation sites is 2. The van der Waals surface area contributed by atoms with E-state index in [2.05, 4.69) is 10.3 Å². The van der Waals surface area contributed by atoms with E-state index in [4.69, 9.17) is 13.9 Å². The highest BCUT2D eigenvalue weighted by Gasteiger charge is 2.07. The second-order valence-corrected chi connectivity index (χ2v) is 5.59. The maximum absolute atomic E-state index is 11.8. The number of methoxy groups -OCH3 is 1. The van der Waals surface area contributed by atoms with E-state index in [-0.39, 0.29) is 12.5 Å². The predicted octanol–water partition coefficient (Wildman–Crippen LogP) is 2.71. The SMILES string of the molecule is COc1cccc(CNC(=O)COC(=O)/C=C/c2nc3ccccc3o2)c1. The van der Waals surface area contributed by atoms with Gasteiger partial charge in [0.1, 0.15) is 11.3 Å². The highest BCUT2D eigenvalue weighted by atomic mass is 16.5. The molecular weight excluding hydrogens is 348 g/mol. The number of esters is 1. The molecule has 0 aliphatic rings. The van der Waals surface area contributed by atoms with Gasteiger partial charge in [-0.1, -0.05) is 24.3 Å². The van der Waals surface area contributed by atoms with Gasteiger partial charge in [-0.3, -0.25) is 4.79 Å². The highest BCUT2D eigenvalue weighted by molar-refractivity contribution is 5.89. The topological polar surface area (TPSA) is 90.7 Å². The largest absolute Gasteiger partial charge is 0.497 e. The number of hydrogen-bond donors (Lipinski definition) is 1. The number of nitrogens with zero attached hydrogens (tertiary/aromatic N) is 1. The molecule has 3 rings (SSSR count). The second-order valence-electron chi connectivity index (χ2n) is 5.59. The van der Waals surface area contributed by atoms with Gasteiger partial charge in [-0.15, -0.1) is 0 Å². The number of carbonyl (C=O) groups excluding carboxylic acids is 2. The first kappa shape index (κ1) is 18.2. The molecule has 0 saturated heterocycles. The van der Waals surface area contributed by atoms with Crippen LogP contribution in [0, 0.1) is 0 Å². The summed E-state index contributed by atoms with van der Waals surface area (Å²) >= 11 is 0. The molecule has 0 fully saturated rings. The van der Waals surface area contributed by atoms with Crippen molar-refractivity contribution in [1.29, 1.82) is 0 Å². The summed E-state index contributed by atoms with van der Waals surface area (Å²) in [6, 6.07) is 14.6. The lowest BCUT2D eigenvalue weighted by Gasteiger charge is -2.07. The first-order valence-corrected chi connectivity index (χ1v) is 8.24. The van der Waals surface area contributed by atoms with Crippen molar-refractivity contribution < 1.29 is 23.5 Å². The van der Waals surface area contributed by atoms with E-state index >= 15 is 0 Å². The summed E-state index contributed by atoms with van der Waals surface area (Å²) in [4.78, 5) is 27.7. The lowest BCUT2D eigenvalue weighted by molar-refractivity contribution is -0.143. The molecule has 1 heterocycles. The molecule has 27 heavy (non-hydrogen) atoms. The first-order chi connectivity index (χ1) is 13.1. The average molecular weight is 366 g/mol. The van der Waals surface area contributed by atoms with Crippen LogP contribution < -0.4 is 10.1 Å². The average Bonchev–Trinajstić information content (AvgIpc) is 3.12. The Bertz CT molecular complexity index is 944. The van der Waals surface area contributed by atoms with E-state index in [1.54, 1.807) is 19.2 Å². The molecule has 138 valence electrons. The van der Waals surface area contributed by atoms with Crippen LogP contribution in [0.3, 0.4) is 0 Å².